The van der Waals surface area contributed by atoms with E-state index in [0.717, 1.165) is 25.9 Å². The lowest BCUT2D eigenvalue weighted by Crippen LogP contribution is -2.46. The molecule has 4 heteroatoms. The first-order chi connectivity index (χ1) is 6.17. The minimum absolute atomic E-state index is 0.523. The van der Waals surface area contributed by atoms with Gasteiger partial charge in [0.05, 0.1) is 0 Å². The van der Waals surface area contributed by atoms with Crippen LogP contribution in [0, 0.1) is 0 Å². The smallest absolute Gasteiger partial charge is 0.421 e. The number of rotatable bonds is 6. The summed E-state index contributed by atoms with van der Waals surface area (Å²) in [6, 6.07) is 0. The highest BCUT2D eigenvalue weighted by atomic mass is 16.4. The quantitative estimate of drug-likeness (QED) is 0.648. The van der Waals surface area contributed by atoms with E-state index in [1.165, 1.54) is 5.01 Å². The van der Waals surface area contributed by atoms with Crippen molar-refractivity contribution in [2.75, 3.05) is 19.6 Å². The molecule has 0 aliphatic carbocycles. The lowest BCUT2D eigenvalue weighted by molar-refractivity contribution is -0.00558. The number of hydrogen-bond acceptors (Lipinski definition) is 2. The fraction of sp³-hybridized carbons (Fsp3) is 0.889. The molecular weight excluding hydrogens is 168 g/mol. The SMILES string of the molecule is CCCN(CCC)N(CC)C(=O)O. The molecule has 0 radical (unpaired) electrons. The summed E-state index contributed by atoms with van der Waals surface area (Å²) in [6.45, 7) is 8.11. The first kappa shape index (κ1) is 12.2. The number of amides is 1. The van der Waals surface area contributed by atoms with Crippen molar-refractivity contribution in [1.82, 2.24) is 10.0 Å². The summed E-state index contributed by atoms with van der Waals surface area (Å²) in [6.07, 6.45) is 1.09. The van der Waals surface area contributed by atoms with Gasteiger partial charge in [-0.05, 0) is 19.8 Å². The first-order valence-electron chi connectivity index (χ1n) is 4.92. The van der Waals surface area contributed by atoms with E-state index in [9.17, 15) is 4.79 Å². The van der Waals surface area contributed by atoms with Gasteiger partial charge in [-0.3, -0.25) is 0 Å². The maximum Gasteiger partial charge on any atom is 0.421 e. The molecule has 0 aliphatic rings. The monoisotopic (exact) mass is 188 g/mol. The van der Waals surface area contributed by atoms with Crippen molar-refractivity contribution in [2.24, 2.45) is 0 Å². The fourth-order valence-corrected chi connectivity index (χ4v) is 1.33. The molecule has 78 valence electrons. The van der Waals surface area contributed by atoms with Gasteiger partial charge < -0.3 is 5.11 Å². The van der Waals surface area contributed by atoms with E-state index in [1.807, 2.05) is 11.9 Å². The molecule has 4 nitrogen and oxygen atoms in total. The van der Waals surface area contributed by atoms with Crippen LogP contribution in [0.3, 0.4) is 0 Å². The van der Waals surface area contributed by atoms with Gasteiger partial charge >= 0.3 is 6.09 Å². The molecule has 0 saturated heterocycles. The Balaban J connectivity index is 4.20. The Morgan fingerprint density at radius 2 is 1.62 bits per heavy atom. The highest BCUT2D eigenvalue weighted by Gasteiger charge is 2.16. The Morgan fingerprint density at radius 1 is 1.15 bits per heavy atom. The standard InChI is InChI=1S/C9H20N2O2/c1-4-7-10(8-5-2)11(6-3)9(12)13/h4-8H2,1-3H3,(H,12,13). The van der Waals surface area contributed by atoms with Crippen molar-refractivity contribution in [3.8, 4) is 0 Å². The van der Waals surface area contributed by atoms with Crippen molar-refractivity contribution >= 4 is 6.09 Å². The molecule has 0 unspecified atom stereocenters. The molecule has 1 amide bonds. The summed E-state index contributed by atoms with van der Waals surface area (Å²) in [5.74, 6) is 0. The minimum atomic E-state index is -0.857. The molecule has 0 atom stereocenters. The van der Waals surface area contributed by atoms with E-state index in [1.54, 1.807) is 0 Å². The molecule has 13 heavy (non-hydrogen) atoms. The summed E-state index contributed by atoms with van der Waals surface area (Å²) in [4.78, 5) is 10.8. The van der Waals surface area contributed by atoms with Crippen molar-refractivity contribution in [2.45, 2.75) is 33.6 Å². The number of nitrogens with zero attached hydrogens (tertiary/aromatic N) is 2. The summed E-state index contributed by atoms with van der Waals surface area (Å²) in [5.41, 5.74) is 0. The van der Waals surface area contributed by atoms with Gasteiger partial charge in [0.15, 0.2) is 0 Å². The predicted molar refractivity (Wildman–Crippen MR) is 52.6 cm³/mol. The molecule has 1 N–H and O–H groups in total. The van der Waals surface area contributed by atoms with Crippen LogP contribution in [0.15, 0.2) is 0 Å². The van der Waals surface area contributed by atoms with Gasteiger partial charge in [0.2, 0.25) is 0 Å². The van der Waals surface area contributed by atoms with Gasteiger partial charge in [0.25, 0.3) is 0 Å². The summed E-state index contributed by atoms with van der Waals surface area (Å²) >= 11 is 0. The normalized spacial score (nSPS) is 10.5. The van der Waals surface area contributed by atoms with Crippen LogP contribution in [0.4, 0.5) is 4.79 Å². The lowest BCUT2D eigenvalue weighted by atomic mass is 10.4. The van der Waals surface area contributed by atoms with Gasteiger partial charge in [0, 0.05) is 19.6 Å². The number of hydrogen-bond donors (Lipinski definition) is 1. The maximum absolute atomic E-state index is 10.8. The largest absolute Gasteiger partial charge is 0.464 e. The summed E-state index contributed by atoms with van der Waals surface area (Å²) < 4.78 is 0. The van der Waals surface area contributed by atoms with Crippen LogP contribution in [-0.2, 0) is 0 Å². The summed E-state index contributed by atoms with van der Waals surface area (Å²) in [5, 5.41) is 12.2. The minimum Gasteiger partial charge on any atom is -0.464 e. The van der Waals surface area contributed by atoms with Gasteiger partial charge in [0.1, 0.15) is 0 Å². The van der Waals surface area contributed by atoms with Crippen LogP contribution in [0.1, 0.15) is 33.6 Å². The number of hydrazine groups is 1. The third-order valence-corrected chi connectivity index (χ3v) is 1.83. The molecule has 0 heterocycles. The van der Waals surface area contributed by atoms with Crippen molar-refractivity contribution in [1.29, 1.82) is 0 Å². The van der Waals surface area contributed by atoms with Crippen LogP contribution < -0.4 is 0 Å². The zero-order chi connectivity index (χ0) is 10.3. The van der Waals surface area contributed by atoms with Crippen LogP contribution in [0.2, 0.25) is 0 Å². The average Bonchev–Trinajstić information content (AvgIpc) is 2.05. The molecule has 0 saturated carbocycles. The fourth-order valence-electron chi connectivity index (χ4n) is 1.33. The second kappa shape index (κ2) is 6.71. The third-order valence-electron chi connectivity index (χ3n) is 1.83. The second-order valence-corrected chi connectivity index (χ2v) is 2.95. The van der Waals surface area contributed by atoms with Crippen molar-refractivity contribution < 1.29 is 9.90 Å². The first-order valence-corrected chi connectivity index (χ1v) is 4.92. The molecule has 0 bridgehead atoms. The molecule has 0 aromatic heterocycles. The Bertz CT molecular complexity index is 145. The van der Waals surface area contributed by atoms with Gasteiger partial charge in [-0.25, -0.2) is 14.8 Å². The van der Waals surface area contributed by atoms with Crippen LogP contribution in [0.5, 0.6) is 0 Å². The molecule has 0 aromatic rings. The van der Waals surface area contributed by atoms with Crippen LogP contribution in [-0.4, -0.2) is 40.9 Å². The van der Waals surface area contributed by atoms with E-state index < -0.39 is 6.09 Å². The topological polar surface area (TPSA) is 43.8 Å². The van der Waals surface area contributed by atoms with Gasteiger partial charge in [-0.2, -0.15) is 0 Å². The Morgan fingerprint density at radius 3 is 1.85 bits per heavy atom. The number of carboxylic acid groups (broad SMARTS) is 1. The third kappa shape index (κ3) is 4.12. The van der Waals surface area contributed by atoms with Gasteiger partial charge in [-0.1, -0.05) is 13.8 Å². The number of carbonyl (C=O) groups is 1. The van der Waals surface area contributed by atoms with Gasteiger partial charge in [-0.15, -0.1) is 0 Å². The average molecular weight is 188 g/mol. The molecular formula is C9H20N2O2. The van der Waals surface area contributed by atoms with E-state index in [4.69, 9.17) is 5.11 Å². The predicted octanol–water partition coefficient (Wildman–Crippen LogP) is 2.02. The van der Waals surface area contributed by atoms with Crippen LogP contribution >= 0.6 is 0 Å². The highest BCUT2D eigenvalue weighted by Crippen LogP contribution is 2.01. The van der Waals surface area contributed by atoms with Crippen LogP contribution in [0.25, 0.3) is 0 Å². The summed E-state index contributed by atoms with van der Waals surface area (Å²) in [7, 11) is 0. The Labute approximate surface area is 80.1 Å². The van der Waals surface area contributed by atoms with E-state index in [2.05, 4.69) is 13.8 Å². The second-order valence-electron chi connectivity index (χ2n) is 2.95. The Hall–Kier alpha value is -0.770. The molecule has 0 rings (SSSR count). The molecule has 0 aliphatic heterocycles. The lowest BCUT2D eigenvalue weighted by Gasteiger charge is -2.31. The van der Waals surface area contributed by atoms with E-state index in [0.29, 0.717) is 6.54 Å². The van der Waals surface area contributed by atoms with E-state index in [-0.39, 0.29) is 0 Å². The molecule has 0 spiro atoms. The highest BCUT2D eigenvalue weighted by molar-refractivity contribution is 5.64. The zero-order valence-corrected chi connectivity index (χ0v) is 8.79. The molecule has 0 aromatic carbocycles. The van der Waals surface area contributed by atoms with Crippen molar-refractivity contribution in [3.05, 3.63) is 0 Å². The zero-order valence-electron chi connectivity index (χ0n) is 8.79. The Kier molecular flexibility index (Phi) is 6.32. The van der Waals surface area contributed by atoms with E-state index >= 15 is 0 Å². The van der Waals surface area contributed by atoms with Crippen molar-refractivity contribution in [3.63, 3.8) is 0 Å². The maximum atomic E-state index is 10.8. The molecule has 0 fully saturated rings.